The van der Waals surface area contributed by atoms with Gasteiger partial charge in [0, 0.05) is 7.11 Å². The fraction of sp³-hybridized carbons (Fsp3) is 0.533. The van der Waals surface area contributed by atoms with Crippen LogP contribution in [0.5, 0.6) is 0 Å². The molecule has 25 heavy (non-hydrogen) atoms. The summed E-state index contributed by atoms with van der Waals surface area (Å²) in [5.41, 5.74) is 12.6. The molecule has 1 aliphatic rings. The smallest absolute Gasteiger partial charge is 0.319 e. The molecule has 10 nitrogen and oxygen atoms in total. The number of esters is 1. The van der Waals surface area contributed by atoms with Crippen molar-refractivity contribution in [1.29, 1.82) is 0 Å². The molecule has 138 valence electrons. The molecule has 0 saturated heterocycles. The maximum Gasteiger partial charge on any atom is 0.319 e. The van der Waals surface area contributed by atoms with Crippen molar-refractivity contribution in [2.45, 2.75) is 26.2 Å². The zero-order chi connectivity index (χ0) is 18.2. The van der Waals surface area contributed by atoms with Gasteiger partial charge in [-0.1, -0.05) is 13.0 Å². The van der Waals surface area contributed by atoms with E-state index in [2.05, 4.69) is 15.3 Å². The van der Waals surface area contributed by atoms with Gasteiger partial charge in [-0.3, -0.25) is 9.36 Å². The number of imidazole rings is 1. The van der Waals surface area contributed by atoms with Crippen molar-refractivity contribution >= 4 is 23.4 Å². The first-order chi connectivity index (χ1) is 12.1. The molecule has 0 bridgehead atoms. The Kier molecular flexibility index (Phi) is 6.92. The Labute approximate surface area is 145 Å². The molecule has 0 aliphatic carbocycles. The minimum atomic E-state index is -0.498. The van der Waals surface area contributed by atoms with Crippen LogP contribution < -0.4 is 16.8 Å². The van der Waals surface area contributed by atoms with Crippen LogP contribution in [0.2, 0.25) is 0 Å². The molecule has 1 aromatic heterocycles. The number of carbonyl (C=O) groups is 1. The number of nitrogens with zero attached hydrogens (tertiary/aromatic N) is 3. The average Bonchev–Trinajstić information content (AvgIpc) is 3.00. The number of allylic oxidation sites excluding steroid dienone is 1. The van der Waals surface area contributed by atoms with Gasteiger partial charge in [0.25, 0.3) is 0 Å². The first kappa shape index (κ1) is 18.9. The summed E-state index contributed by atoms with van der Waals surface area (Å²) in [6, 6.07) is 0. The summed E-state index contributed by atoms with van der Waals surface area (Å²) in [6.45, 7) is 2.32. The Morgan fingerprint density at radius 1 is 1.48 bits per heavy atom. The summed E-state index contributed by atoms with van der Waals surface area (Å²) in [5.74, 6) is 0.396. The van der Waals surface area contributed by atoms with Crippen molar-refractivity contribution in [2.75, 3.05) is 26.9 Å². The zero-order valence-electron chi connectivity index (χ0n) is 14.4. The van der Waals surface area contributed by atoms with Gasteiger partial charge >= 0.3 is 5.97 Å². The number of hydrogen-bond donors (Lipinski definition) is 3. The van der Waals surface area contributed by atoms with Gasteiger partial charge in [0.05, 0.1) is 25.2 Å². The Hall–Kier alpha value is -2.43. The van der Waals surface area contributed by atoms with Crippen molar-refractivity contribution in [3.05, 3.63) is 18.1 Å². The minimum absolute atomic E-state index is 0.0503. The van der Waals surface area contributed by atoms with E-state index in [4.69, 9.17) is 25.7 Å². The second-order valence-corrected chi connectivity index (χ2v) is 5.29. The van der Waals surface area contributed by atoms with E-state index in [0.29, 0.717) is 17.5 Å². The Bertz CT molecular complexity index is 654. The highest BCUT2D eigenvalue weighted by Gasteiger charge is 2.21. The maximum absolute atomic E-state index is 11.2. The highest BCUT2D eigenvalue weighted by Crippen LogP contribution is 2.27. The molecular formula is C15H24N6O4. The van der Waals surface area contributed by atoms with Gasteiger partial charge in [0.15, 0.2) is 11.8 Å². The number of nitrogens with one attached hydrogen (secondary N) is 1. The molecule has 0 saturated carbocycles. The molecule has 0 amide bonds. The lowest BCUT2D eigenvalue weighted by molar-refractivity contribution is -0.149. The van der Waals surface area contributed by atoms with Gasteiger partial charge in [-0.05, 0) is 6.42 Å². The molecular weight excluding hydrogens is 328 g/mol. The third-order valence-corrected chi connectivity index (χ3v) is 3.36. The van der Waals surface area contributed by atoms with Gasteiger partial charge in [-0.15, -0.1) is 0 Å². The predicted octanol–water partition coefficient (Wildman–Crippen LogP) is -0.326. The quantitative estimate of drug-likeness (QED) is 0.514. The maximum atomic E-state index is 11.2. The number of nitrogens with two attached hydrogens (primary N) is 2. The number of guanidine groups is 1. The van der Waals surface area contributed by atoms with Crippen LogP contribution in [-0.2, 0) is 25.7 Å². The number of hydrogen-bond acceptors (Lipinski definition) is 9. The van der Waals surface area contributed by atoms with E-state index in [-0.39, 0.29) is 26.5 Å². The number of aliphatic imine (C=N–C) groups is 1. The standard InChI is InChI=1S/C15H24N6O4/c1-3-4-11-13-14(20-15(17)19-11)21(8-18-13)9-25-10(6-23-2)7-24-12(22)5-16/h4,8,10H,3,5-7,9,16H2,1-2H3,(H3,17,19,20)/b11-4-. The van der Waals surface area contributed by atoms with Crippen LogP contribution in [0.1, 0.15) is 19.0 Å². The van der Waals surface area contributed by atoms with E-state index in [1.807, 2.05) is 13.0 Å². The van der Waals surface area contributed by atoms with Gasteiger partial charge in [0.1, 0.15) is 25.1 Å². The molecule has 0 radical (unpaired) electrons. The number of aromatic nitrogens is 2. The summed E-state index contributed by atoms with van der Waals surface area (Å²) < 4.78 is 17.5. The zero-order valence-corrected chi connectivity index (χ0v) is 14.4. The van der Waals surface area contributed by atoms with Crippen LogP contribution in [0.25, 0.3) is 5.70 Å². The lowest BCUT2D eigenvalue weighted by Gasteiger charge is -2.19. The van der Waals surface area contributed by atoms with Crippen molar-refractivity contribution in [3.63, 3.8) is 0 Å². The summed E-state index contributed by atoms with van der Waals surface area (Å²) in [6.07, 6.45) is 4.00. The summed E-state index contributed by atoms with van der Waals surface area (Å²) in [7, 11) is 1.54. The molecule has 1 aliphatic heterocycles. The first-order valence-corrected chi connectivity index (χ1v) is 7.92. The molecule has 10 heteroatoms. The second kappa shape index (κ2) is 9.16. The number of carbonyl (C=O) groups excluding carboxylic acids is 1. The predicted molar refractivity (Wildman–Crippen MR) is 91.7 cm³/mol. The van der Waals surface area contributed by atoms with Gasteiger partial charge < -0.3 is 31.0 Å². The van der Waals surface area contributed by atoms with Crippen LogP contribution in [0, 0.1) is 0 Å². The third-order valence-electron chi connectivity index (χ3n) is 3.36. The van der Waals surface area contributed by atoms with Gasteiger partial charge in [0.2, 0.25) is 0 Å². The van der Waals surface area contributed by atoms with Crippen LogP contribution in [0.15, 0.2) is 17.4 Å². The SMILES string of the molecule is CC/C=C1\NC(N)=Nc2c1ncn2COC(COC)COC(=O)CN. The highest BCUT2D eigenvalue weighted by molar-refractivity contribution is 5.94. The molecule has 1 aromatic rings. The summed E-state index contributed by atoms with van der Waals surface area (Å²) >= 11 is 0. The highest BCUT2D eigenvalue weighted by atomic mass is 16.6. The first-order valence-electron chi connectivity index (χ1n) is 7.92. The number of methoxy groups -OCH3 is 1. The topological polar surface area (TPSA) is 139 Å². The van der Waals surface area contributed by atoms with Crippen molar-refractivity contribution in [1.82, 2.24) is 14.9 Å². The van der Waals surface area contributed by atoms with Crippen LogP contribution in [0.4, 0.5) is 5.82 Å². The van der Waals surface area contributed by atoms with E-state index in [1.54, 1.807) is 18.0 Å². The molecule has 1 unspecified atom stereocenters. The number of fused-ring (bicyclic) bond motifs is 1. The Morgan fingerprint density at radius 3 is 2.96 bits per heavy atom. The number of ether oxygens (including phenoxy) is 3. The second-order valence-electron chi connectivity index (χ2n) is 5.29. The molecule has 0 aromatic carbocycles. The largest absolute Gasteiger partial charge is 0.462 e. The van der Waals surface area contributed by atoms with Crippen molar-refractivity contribution in [2.24, 2.45) is 16.5 Å². The molecule has 1 atom stereocenters. The van der Waals surface area contributed by atoms with E-state index in [0.717, 1.165) is 12.1 Å². The Balaban J connectivity index is 2.05. The number of rotatable bonds is 9. The molecule has 5 N–H and O–H groups in total. The molecule has 0 spiro atoms. The fourth-order valence-electron chi connectivity index (χ4n) is 2.23. The van der Waals surface area contributed by atoms with Crippen molar-refractivity contribution < 1.29 is 19.0 Å². The average molecular weight is 352 g/mol. The third kappa shape index (κ3) is 5.02. The van der Waals surface area contributed by atoms with E-state index in [1.165, 1.54) is 0 Å². The molecule has 2 heterocycles. The lowest BCUT2D eigenvalue weighted by atomic mass is 10.2. The fourth-order valence-corrected chi connectivity index (χ4v) is 2.23. The summed E-state index contributed by atoms with van der Waals surface area (Å²) in [4.78, 5) is 19.8. The lowest BCUT2D eigenvalue weighted by Crippen LogP contribution is -2.33. The minimum Gasteiger partial charge on any atom is -0.462 e. The monoisotopic (exact) mass is 352 g/mol. The van der Waals surface area contributed by atoms with Crippen LogP contribution >= 0.6 is 0 Å². The van der Waals surface area contributed by atoms with Crippen LogP contribution in [-0.4, -0.2) is 54.5 Å². The van der Waals surface area contributed by atoms with Gasteiger partial charge in [-0.25, -0.2) is 4.98 Å². The van der Waals surface area contributed by atoms with E-state index < -0.39 is 12.1 Å². The Morgan fingerprint density at radius 2 is 2.28 bits per heavy atom. The van der Waals surface area contributed by atoms with Crippen LogP contribution in [0.3, 0.4) is 0 Å². The normalized spacial score (nSPS) is 16.1. The van der Waals surface area contributed by atoms with E-state index >= 15 is 0 Å². The van der Waals surface area contributed by atoms with Crippen molar-refractivity contribution in [3.8, 4) is 0 Å². The molecule has 2 rings (SSSR count). The van der Waals surface area contributed by atoms with E-state index in [9.17, 15) is 4.79 Å². The van der Waals surface area contributed by atoms with Gasteiger partial charge in [-0.2, -0.15) is 4.99 Å². The molecule has 0 fully saturated rings. The summed E-state index contributed by atoms with van der Waals surface area (Å²) in [5, 5.41) is 2.99.